The lowest BCUT2D eigenvalue weighted by Gasteiger charge is -2.19. The van der Waals surface area contributed by atoms with Gasteiger partial charge in [0.05, 0.1) is 13.2 Å². The summed E-state index contributed by atoms with van der Waals surface area (Å²) in [6.07, 6.45) is -2.51. The number of rotatable bonds is 8. The Bertz CT molecular complexity index is 398. The lowest BCUT2D eigenvalue weighted by molar-refractivity contribution is -0.187. The Morgan fingerprint density at radius 3 is 2.62 bits per heavy atom. The molecule has 1 N–H and O–H groups in total. The summed E-state index contributed by atoms with van der Waals surface area (Å²) in [5.41, 5.74) is 1.07. The van der Waals surface area contributed by atoms with Crippen LogP contribution in [0.4, 0.5) is 0 Å². The van der Waals surface area contributed by atoms with Gasteiger partial charge in [-0.25, -0.2) is 0 Å². The molecule has 1 aliphatic heterocycles. The molecule has 21 heavy (non-hydrogen) atoms. The molecule has 4 atom stereocenters. The second-order valence-electron chi connectivity index (χ2n) is 4.81. The molecule has 6 heteroatoms. The Labute approximate surface area is 124 Å². The maximum absolute atomic E-state index is 10.2. The summed E-state index contributed by atoms with van der Waals surface area (Å²) in [4.78, 5) is 0. The van der Waals surface area contributed by atoms with E-state index in [9.17, 15) is 5.11 Å². The molecule has 0 amide bonds. The number of ether oxygens (including phenoxy) is 5. The highest BCUT2D eigenvalue weighted by Crippen LogP contribution is 2.25. The molecule has 1 aromatic carbocycles. The molecule has 0 spiro atoms. The third-order valence-electron chi connectivity index (χ3n) is 3.30. The van der Waals surface area contributed by atoms with Gasteiger partial charge < -0.3 is 28.8 Å². The fourth-order valence-corrected chi connectivity index (χ4v) is 2.22. The van der Waals surface area contributed by atoms with Crippen LogP contribution in [0.5, 0.6) is 0 Å². The van der Waals surface area contributed by atoms with E-state index in [0.29, 0.717) is 6.61 Å². The lowest BCUT2D eigenvalue weighted by atomic mass is 10.1. The summed E-state index contributed by atoms with van der Waals surface area (Å²) in [5.74, 6) is 0. The Morgan fingerprint density at radius 1 is 1.19 bits per heavy atom. The van der Waals surface area contributed by atoms with Crippen LogP contribution < -0.4 is 0 Å². The van der Waals surface area contributed by atoms with E-state index in [2.05, 4.69) is 0 Å². The lowest BCUT2D eigenvalue weighted by Crippen LogP contribution is -2.37. The van der Waals surface area contributed by atoms with Gasteiger partial charge in [0.1, 0.15) is 25.1 Å². The van der Waals surface area contributed by atoms with Crippen LogP contribution >= 0.6 is 0 Å². The van der Waals surface area contributed by atoms with Crippen molar-refractivity contribution >= 4 is 0 Å². The van der Waals surface area contributed by atoms with E-state index < -0.39 is 24.6 Å². The van der Waals surface area contributed by atoms with Crippen LogP contribution in [-0.2, 0) is 30.3 Å². The molecule has 0 aromatic heterocycles. The van der Waals surface area contributed by atoms with E-state index in [1.54, 1.807) is 0 Å². The minimum absolute atomic E-state index is 0.0720. The zero-order valence-electron chi connectivity index (χ0n) is 12.3. The number of hydrogen-bond acceptors (Lipinski definition) is 6. The molecular formula is C15H22O6. The van der Waals surface area contributed by atoms with Gasteiger partial charge in [0.15, 0.2) is 6.29 Å². The first-order valence-corrected chi connectivity index (χ1v) is 6.84. The van der Waals surface area contributed by atoms with E-state index in [1.165, 1.54) is 14.2 Å². The molecule has 2 rings (SSSR count). The first kappa shape index (κ1) is 16.4. The normalized spacial score (nSPS) is 28.9. The molecule has 1 saturated heterocycles. The average Bonchev–Trinajstić information content (AvgIpc) is 2.82. The summed E-state index contributed by atoms with van der Waals surface area (Å²) < 4.78 is 26.6. The molecule has 0 radical (unpaired) electrons. The summed E-state index contributed by atoms with van der Waals surface area (Å²) in [5, 5.41) is 10.2. The van der Waals surface area contributed by atoms with Gasteiger partial charge in [-0.2, -0.15) is 0 Å². The van der Waals surface area contributed by atoms with Crippen molar-refractivity contribution in [2.45, 2.75) is 31.2 Å². The van der Waals surface area contributed by atoms with Gasteiger partial charge in [0.2, 0.25) is 0 Å². The Kier molecular flexibility index (Phi) is 6.56. The summed E-state index contributed by atoms with van der Waals surface area (Å²) in [7, 11) is 3.03. The predicted molar refractivity (Wildman–Crippen MR) is 74.5 cm³/mol. The molecule has 6 nitrogen and oxygen atoms in total. The quantitative estimate of drug-likeness (QED) is 0.720. The first-order valence-electron chi connectivity index (χ1n) is 6.84. The van der Waals surface area contributed by atoms with Crippen molar-refractivity contribution in [3.8, 4) is 0 Å². The third kappa shape index (κ3) is 4.47. The molecule has 1 aromatic rings. The molecule has 0 aliphatic carbocycles. The zero-order chi connectivity index (χ0) is 15.1. The van der Waals surface area contributed by atoms with Crippen molar-refractivity contribution in [3.05, 3.63) is 35.9 Å². The molecule has 1 aliphatic rings. The van der Waals surface area contributed by atoms with Gasteiger partial charge in [-0.3, -0.25) is 0 Å². The number of aliphatic hydroxyl groups is 1. The second-order valence-corrected chi connectivity index (χ2v) is 4.81. The van der Waals surface area contributed by atoms with Crippen LogP contribution in [0.25, 0.3) is 0 Å². The van der Waals surface area contributed by atoms with Gasteiger partial charge in [0.25, 0.3) is 0 Å². The summed E-state index contributed by atoms with van der Waals surface area (Å²) >= 11 is 0. The fourth-order valence-electron chi connectivity index (χ4n) is 2.22. The highest BCUT2D eigenvalue weighted by Gasteiger charge is 2.45. The van der Waals surface area contributed by atoms with Crippen molar-refractivity contribution in [2.75, 3.05) is 27.6 Å². The van der Waals surface area contributed by atoms with Gasteiger partial charge >= 0.3 is 0 Å². The van der Waals surface area contributed by atoms with Crippen LogP contribution in [0.2, 0.25) is 0 Å². The van der Waals surface area contributed by atoms with E-state index in [4.69, 9.17) is 23.7 Å². The minimum atomic E-state index is -0.819. The summed E-state index contributed by atoms with van der Waals surface area (Å²) in [6, 6.07) is 9.82. The Morgan fingerprint density at radius 2 is 1.95 bits per heavy atom. The predicted octanol–water partition coefficient (Wildman–Crippen LogP) is 0.924. The maximum atomic E-state index is 10.2. The van der Waals surface area contributed by atoms with Crippen LogP contribution in [0.15, 0.2) is 30.3 Å². The standard InChI is InChI=1S/C15H22O6/c1-17-10-20-14-13(16)12(21-15(14)18-2)9-19-8-11-6-4-3-5-7-11/h3-7,12-16H,8-10H2,1-2H3/t12-,13-,14-,15-/m1/s1. The van der Waals surface area contributed by atoms with Gasteiger partial charge in [-0.05, 0) is 5.56 Å². The first-order chi connectivity index (χ1) is 10.3. The van der Waals surface area contributed by atoms with Crippen molar-refractivity contribution in [3.63, 3.8) is 0 Å². The van der Waals surface area contributed by atoms with Gasteiger partial charge in [-0.15, -0.1) is 0 Å². The van der Waals surface area contributed by atoms with E-state index in [1.807, 2.05) is 30.3 Å². The SMILES string of the molecule is COCO[C@H]1[C@H](OC)O[C@H](COCc2ccccc2)[C@H]1O. The number of methoxy groups -OCH3 is 2. The van der Waals surface area contributed by atoms with E-state index in [0.717, 1.165) is 5.56 Å². The Balaban J connectivity index is 1.80. The smallest absolute Gasteiger partial charge is 0.186 e. The van der Waals surface area contributed by atoms with E-state index >= 15 is 0 Å². The molecule has 0 saturated carbocycles. The maximum Gasteiger partial charge on any atom is 0.186 e. The number of aliphatic hydroxyl groups excluding tert-OH is 1. The van der Waals surface area contributed by atoms with Crippen molar-refractivity contribution < 1.29 is 28.8 Å². The minimum Gasteiger partial charge on any atom is -0.387 e. The molecule has 0 unspecified atom stereocenters. The van der Waals surface area contributed by atoms with Crippen LogP contribution in [-0.4, -0.2) is 57.3 Å². The fraction of sp³-hybridized carbons (Fsp3) is 0.600. The number of benzene rings is 1. The van der Waals surface area contributed by atoms with Gasteiger partial charge in [-0.1, -0.05) is 30.3 Å². The second kappa shape index (κ2) is 8.43. The monoisotopic (exact) mass is 298 g/mol. The van der Waals surface area contributed by atoms with E-state index in [-0.39, 0.29) is 13.4 Å². The van der Waals surface area contributed by atoms with Crippen LogP contribution in [0.3, 0.4) is 0 Å². The molecular weight excluding hydrogens is 276 g/mol. The number of hydrogen-bond donors (Lipinski definition) is 1. The summed E-state index contributed by atoms with van der Waals surface area (Å²) in [6.45, 7) is 0.806. The molecule has 0 bridgehead atoms. The Hall–Kier alpha value is -1.02. The third-order valence-corrected chi connectivity index (χ3v) is 3.30. The van der Waals surface area contributed by atoms with Crippen molar-refractivity contribution in [2.24, 2.45) is 0 Å². The highest BCUT2D eigenvalue weighted by molar-refractivity contribution is 5.13. The van der Waals surface area contributed by atoms with Crippen LogP contribution in [0.1, 0.15) is 5.56 Å². The average molecular weight is 298 g/mol. The highest BCUT2D eigenvalue weighted by atomic mass is 16.7. The largest absolute Gasteiger partial charge is 0.387 e. The molecule has 118 valence electrons. The molecule has 1 heterocycles. The zero-order valence-corrected chi connectivity index (χ0v) is 12.3. The van der Waals surface area contributed by atoms with Gasteiger partial charge in [0, 0.05) is 14.2 Å². The van der Waals surface area contributed by atoms with Crippen molar-refractivity contribution in [1.82, 2.24) is 0 Å². The van der Waals surface area contributed by atoms with Crippen molar-refractivity contribution in [1.29, 1.82) is 0 Å². The topological polar surface area (TPSA) is 66.4 Å². The van der Waals surface area contributed by atoms with Crippen LogP contribution in [0, 0.1) is 0 Å². The molecule has 1 fully saturated rings.